The van der Waals surface area contributed by atoms with E-state index in [1.807, 2.05) is 18.2 Å². The minimum atomic E-state index is -0.120. The predicted molar refractivity (Wildman–Crippen MR) is 214 cm³/mol. The zero-order valence-corrected chi connectivity index (χ0v) is 29.8. The van der Waals surface area contributed by atoms with E-state index in [0.29, 0.717) is 17.5 Å². The molecule has 0 radical (unpaired) electrons. The normalized spacial score (nSPS) is 14.5. The maximum Gasteiger partial charge on any atom is 0.164 e. The highest BCUT2D eigenvalue weighted by Crippen LogP contribution is 2.51. The molecule has 0 saturated heterocycles. The van der Waals surface area contributed by atoms with Gasteiger partial charge in [-0.25, -0.2) is 15.0 Å². The second-order valence-electron chi connectivity index (χ2n) is 15.3. The number of benzene rings is 7. The smallest absolute Gasteiger partial charge is 0.164 e. The van der Waals surface area contributed by atoms with Crippen LogP contribution in [0.4, 0.5) is 0 Å². The number of fused-ring (bicyclic) bond motifs is 7. The fourth-order valence-electron chi connectivity index (χ4n) is 8.74. The predicted octanol–water partition coefficient (Wildman–Crippen LogP) is 12.3. The van der Waals surface area contributed by atoms with Crippen molar-refractivity contribution in [1.29, 1.82) is 0 Å². The number of nitrogens with zero attached hydrogens (tertiary/aromatic N) is 3. The van der Waals surface area contributed by atoms with Crippen molar-refractivity contribution in [1.82, 2.24) is 15.0 Å². The second kappa shape index (κ2) is 11.2. The lowest BCUT2D eigenvalue weighted by Crippen LogP contribution is -2.15. The van der Waals surface area contributed by atoms with E-state index >= 15 is 0 Å². The van der Waals surface area contributed by atoms with Crippen LogP contribution in [0.5, 0.6) is 0 Å². The molecule has 0 spiro atoms. The van der Waals surface area contributed by atoms with Crippen LogP contribution in [0.15, 0.2) is 152 Å². The van der Waals surface area contributed by atoms with Gasteiger partial charge in [0.1, 0.15) is 0 Å². The maximum atomic E-state index is 5.19. The third kappa shape index (κ3) is 4.55. The van der Waals surface area contributed by atoms with Crippen molar-refractivity contribution in [2.75, 3.05) is 0 Å². The van der Waals surface area contributed by atoms with Gasteiger partial charge in [-0.1, -0.05) is 155 Å². The summed E-state index contributed by atoms with van der Waals surface area (Å²) in [6.45, 7) is 9.30. The average Bonchev–Trinajstić information content (AvgIpc) is 3.56. The summed E-state index contributed by atoms with van der Waals surface area (Å²) in [5.41, 5.74) is 15.7. The van der Waals surface area contributed by atoms with Crippen molar-refractivity contribution in [3.05, 3.63) is 174 Å². The van der Waals surface area contributed by atoms with Gasteiger partial charge in [-0.15, -0.1) is 0 Å². The molecular weight excluding hydrogens is 631 g/mol. The monoisotopic (exact) mass is 667 g/mol. The molecule has 1 heterocycles. The Balaban J connectivity index is 1.11. The average molecular weight is 668 g/mol. The molecule has 0 saturated carbocycles. The first-order chi connectivity index (χ1) is 25.3. The van der Waals surface area contributed by atoms with Crippen LogP contribution in [0.2, 0.25) is 0 Å². The van der Waals surface area contributed by atoms with Gasteiger partial charge >= 0.3 is 0 Å². The van der Waals surface area contributed by atoms with E-state index in [1.165, 1.54) is 60.8 Å². The summed E-state index contributed by atoms with van der Waals surface area (Å²) >= 11 is 0. The standard InChI is InChI=1S/C49H37N3/c1-48(2)41-22-10-8-19-36(41)38-25-24-34(28-43(38)48)47-51-45(30-14-6-5-7-15-30)50-46(52-47)33-18-12-16-31(26-33)35-21-13-17-32-27-40-37-20-9-11-23-42(37)49(3,4)44(40)29-39(32)35/h5-29H,1-4H3. The van der Waals surface area contributed by atoms with Gasteiger partial charge in [0.25, 0.3) is 0 Å². The third-order valence-corrected chi connectivity index (χ3v) is 11.5. The van der Waals surface area contributed by atoms with Crippen LogP contribution >= 0.6 is 0 Å². The summed E-state index contributed by atoms with van der Waals surface area (Å²) in [6, 6.07) is 54.6. The molecule has 3 nitrogen and oxygen atoms in total. The highest BCUT2D eigenvalue weighted by Gasteiger charge is 2.36. The molecule has 7 aromatic carbocycles. The minimum absolute atomic E-state index is 0.0697. The molecule has 0 bridgehead atoms. The Bertz CT molecular complexity index is 2740. The molecule has 2 aliphatic rings. The molecule has 3 heteroatoms. The molecule has 248 valence electrons. The van der Waals surface area contributed by atoms with Crippen LogP contribution in [-0.4, -0.2) is 15.0 Å². The lowest BCUT2D eigenvalue weighted by atomic mass is 9.81. The zero-order chi connectivity index (χ0) is 35.2. The minimum Gasteiger partial charge on any atom is -0.208 e. The topological polar surface area (TPSA) is 38.7 Å². The number of rotatable bonds is 4. The molecule has 0 unspecified atom stereocenters. The Labute approximate surface area is 304 Å². The molecule has 0 amide bonds. The van der Waals surface area contributed by atoms with E-state index in [9.17, 15) is 0 Å². The summed E-state index contributed by atoms with van der Waals surface area (Å²) in [5.74, 6) is 1.99. The number of aromatic nitrogens is 3. The Morgan fingerprint density at radius 2 is 0.827 bits per heavy atom. The zero-order valence-electron chi connectivity index (χ0n) is 29.8. The van der Waals surface area contributed by atoms with Gasteiger partial charge in [0.2, 0.25) is 0 Å². The molecule has 8 aromatic rings. The fourth-order valence-corrected chi connectivity index (χ4v) is 8.74. The molecule has 0 fully saturated rings. The molecule has 1 aromatic heterocycles. The first-order valence-corrected chi connectivity index (χ1v) is 18.1. The molecular formula is C49H37N3. The summed E-state index contributed by atoms with van der Waals surface area (Å²) in [6.07, 6.45) is 0. The number of hydrogen-bond donors (Lipinski definition) is 0. The van der Waals surface area contributed by atoms with E-state index in [1.54, 1.807) is 0 Å². The van der Waals surface area contributed by atoms with E-state index in [2.05, 4.69) is 161 Å². The van der Waals surface area contributed by atoms with Crippen LogP contribution < -0.4 is 0 Å². The molecule has 0 aliphatic heterocycles. The van der Waals surface area contributed by atoms with Crippen LogP contribution in [0.1, 0.15) is 49.9 Å². The van der Waals surface area contributed by atoms with Crippen molar-refractivity contribution < 1.29 is 0 Å². The maximum absolute atomic E-state index is 5.19. The summed E-state index contributed by atoms with van der Waals surface area (Å²) in [4.78, 5) is 15.4. The number of hydrogen-bond acceptors (Lipinski definition) is 3. The molecule has 0 N–H and O–H groups in total. The SMILES string of the molecule is CC1(C)c2ccccc2-c2ccc(-c3nc(-c4ccccc4)nc(-c4cccc(-c5cccc6cc7c(cc56)C(C)(C)c5ccccc5-7)c4)n3)cc21. The quantitative estimate of drug-likeness (QED) is 0.187. The third-order valence-electron chi connectivity index (χ3n) is 11.5. The van der Waals surface area contributed by atoms with Crippen LogP contribution in [0.3, 0.4) is 0 Å². The first-order valence-electron chi connectivity index (χ1n) is 18.1. The summed E-state index contributed by atoms with van der Waals surface area (Å²) in [7, 11) is 0. The molecule has 0 atom stereocenters. The van der Waals surface area contributed by atoms with Gasteiger partial charge in [-0.2, -0.15) is 0 Å². The lowest BCUT2D eigenvalue weighted by molar-refractivity contribution is 0.660. The van der Waals surface area contributed by atoms with E-state index in [4.69, 9.17) is 15.0 Å². The highest BCUT2D eigenvalue weighted by atomic mass is 15.0. The van der Waals surface area contributed by atoms with Gasteiger partial charge in [0.05, 0.1) is 0 Å². The Morgan fingerprint density at radius 1 is 0.327 bits per heavy atom. The largest absolute Gasteiger partial charge is 0.208 e. The summed E-state index contributed by atoms with van der Waals surface area (Å²) in [5, 5.41) is 2.49. The van der Waals surface area contributed by atoms with Gasteiger partial charge in [0.15, 0.2) is 17.5 Å². The van der Waals surface area contributed by atoms with Crippen LogP contribution in [0.25, 0.3) is 78.3 Å². The molecule has 10 rings (SSSR count). The van der Waals surface area contributed by atoms with Crippen LogP contribution in [0, 0.1) is 0 Å². The fraction of sp³-hybridized carbons (Fsp3) is 0.122. The lowest BCUT2D eigenvalue weighted by Gasteiger charge is -2.22. The van der Waals surface area contributed by atoms with Crippen molar-refractivity contribution in [3.63, 3.8) is 0 Å². The van der Waals surface area contributed by atoms with Crippen molar-refractivity contribution >= 4 is 10.8 Å². The summed E-state index contributed by atoms with van der Waals surface area (Å²) < 4.78 is 0. The Kier molecular flexibility index (Phi) is 6.57. The van der Waals surface area contributed by atoms with Gasteiger partial charge in [-0.3, -0.25) is 0 Å². The van der Waals surface area contributed by atoms with Gasteiger partial charge < -0.3 is 0 Å². The van der Waals surface area contributed by atoms with Crippen molar-refractivity contribution in [2.45, 2.75) is 38.5 Å². The van der Waals surface area contributed by atoms with Gasteiger partial charge in [0, 0.05) is 27.5 Å². The van der Waals surface area contributed by atoms with E-state index in [0.717, 1.165) is 22.3 Å². The van der Waals surface area contributed by atoms with E-state index < -0.39 is 0 Å². The molecule has 2 aliphatic carbocycles. The van der Waals surface area contributed by atoms with Crippen LogP contribution in [-0.2, 0) is 10.8 Å². The molecule has 52 heavy (non-hydrogen) atoms. The first kappa shape index (κ1) is 30.6. The Hall–Kier alpha value is -6.19. The highest BCUT2D eigenvalue weighted by molar-refractivity contribution is 6.02. The van der Waals surface area contributed by atoms with Gasteiger partial charge in [-0.05, 0) is 90.7 Å². The Morgan fingerprint density at radius 3 is 1.54 bits per heavy atom. The second-order valence-corrected chi connectivity index (χ2v) is 15.3. The van der Waals surface area contributed by atoms with Crippen molar-refractivity contribution in [3.8, 4) is 67.5 Å². The van der Waals surface area contributed by atoms with E-state index in [-0.39, 0.29) is 10.8 Å². The van der Waals surface area contributed by atoms with Crippen molar-refractivity contribution in [2.24, 2.45) is 0 Å².